The fraction of sp³-hybridized carbons (Fsp3) is 1.00. The zero-order valence-electron chi connectivity index (χ0n) is 4.84. The first-order chi connectivity index (χ1) is 3.81. The lowest BCUT2D eigenvalue weighted by Gasteiger charge is -2.05. The van der Waals surface area contributed by atoms with Crippen LogP contribution in [0.5, 0.6) is 0 Å². The molecule has 0 aromatic heterocycles. The minimum absolute atomic E-state index is 0.00926. The monoisotopic (exact) mass is 119 g/mol. The molecule has 0 saturated carbocycles. The molecule has 0 spiro atoms. The van der Waals surface area contributed by atoms with E-state index in [-0.39, 0.29) is 6.04 Å². The predicted molar refractivity (Wildman–Crippen MR) is 31.8 cm³/mol. The molecule has 6 N–H and O–H groups in total. The van der Waals surface area contributed by atoms with E-state index >= 15 is 0 Å². The lowest BCUT2D eigenvalue weighted by molar-refractivity contribution is 0.122. The molecule has 0 heterocycles. The van der Waals surface area contributed by atoms with Crippen molar-refractivity contribution in [3.63, 3.8) is 0 Å². The summed E-state index contributed by atoms with van der Waals surface area (Å²) in [6.07, 6.45) is 0.761. The van der Waals surface area contributed by atoms with Crippen molar-refractivity contribution in [1.82, 2.24) is 0 Å². The summed E-state index contributed by atoms with van der Waals surface area (Å²) >= 11 is 0. The van der Waals surface area contributed by atoms with Crippen molar-refractivity contribution in [3.8, 4) is 0 Å². The standard InChI is InChI=1S/C4H13N3O/c5-2-1-4(6)3-8-7/h4H,1-3,5-7H2. The van der Waals surface area contributed by atoms with Crippen molar-refractivity contribution in [2.24, 2.45) is 17.4 Å². The topological polar surface area (TPSA) is 87.3 Å². The van der Waals surface area contributed by atoms with Gasteiger partial charge in [0, 0.05) is 6.04 Å². The first-order valence-electron chi connectivity index (χ1n) is 2.58. The zero-order valence-corrected chi connectivity index (χ0v) is 4.84. The third-order valence-electron chi connectivity index (χ3n) is 0.848. The van der Waals surface area contributed by atoms with E-state index in [2.05, 4.69) is 4.84 Å². The molecule has 0 radical (unpaired) electrons. The fourth-order valence-corrected chi connectivity index (χ4v) is 0.421. The molecule has 8 heavy (non-hydrogen) atoms. The molecule has 50 valence electrons. The largest absolute Gasteiger partial charge is 0.330 e. The minimum atomic E-state index is -0.00926. The summed E-state index contributed by atoms with van der Waals surface area (Å²) in [5, 5.41) is 0. The summed E-state index contributed by atoms with van der Waals surface area (Å²) in [6.45, 7) is 0.974. The molecule has 4 nitrogen and oxygen atoms in total. The third-order valence-corrected chi connectivity index (χ3v) is 0.848. The van der Waals surface area contributed by atoms with Crippen LogP contribution < -0.4 is 17.4 Å². The van der Waals surface area contributed by atoms with Gasteiger partial charge >= 0.3 is 0 Å². The summed E-state index contributed by atoms with van der Waals surface area (Å²) in [5.74, 6) is 4.74. The van der Waals surface area contributed by atoms with Gasteiger partial charge in [0.1, 0.15) is 0 Å². The second kappa shape index (κ2) is 4.99. The number of hydrogen-bond acceptors (Lipinski definition) is 4. The lowest BCUT2D eigenvalue weighted by Crippen LogP contribution is -2.30. The van der Waals surface area contributed by atoms with Crippen molar-refractivity contribution >= 4 is 0 Å². The Bertz CT molecular complexity index is 44.5. The van der Waals surface area contributed by atoms with Crippen LogP contribution in [-0.4, -0.2) is 19.2 Å². The van der Waals surface area contributed by atoms with Crippen LogP contribution in [0, 0.1) is 0 Å². The second-order valence-electron chi connectivity index (χ2n) is 1.67. The Morgan fingerprint density at radius 3 is 2.50 bits per heavy atom. The fourth-order valence-electron chi connectivity index (χ4n) is 0.421. The Balaban J connectivity index is 2.92. The summed E-state index contributed by atoms with van der Waals surface area (Å²) in [7, 11) is 0. The molecule has 0 bridgehead atoms. The Morgan fingerprint density at radius 1 is 1.50 bits per heavy atom. The van der Waals surface area contributed by atoms with Crippen LogP contribution in [0.3, 0.4) is 0 Å². The molecule has 0 fully saturated rings. The quantitative estimate of drug-likeness (QED) is 0.395. The van der Waals surface area contributed by atoms with Gasteiger partial charge in [0.25, 0.3) is 0 Å². The highest BCUT2D eigenvalue weighted by Gasteiger charge is 1.97. The van der Waals surface area contributed by atoms with Crippen molar-refractivity contribution in [2.75, 3.05) is 13.2 Å². The first-order valence-corrected chi connectivity index (χ1v) is 2.58. The van der Waals surface area contributed by atoms with Crippen molar-refractivity contribution in [2.45, 2.75) is 12.5 Å². The number of hydrogen-bond donors (Lipinski definition) is 3. The van der Waals surface area contributed by atoms with E-state index in [1.54, 1.807) is 0 Å². The molecular formula is C4H13N3O. The average Bonchev–Trinajstić information content (AvgIpc) is 1.68. The molecule has 0 amide bonds. The SMILES string of the molecule is NCCC(N)CON. The van der Waals surface area contributed by atoms with E-state index in [9.17, 15) is 0 Å². The maximum absolute atomic E-state index is 5.41. The maximum atomic E-state index is 5.41. The van der Waals surface area contributed by atoms with Gasteiger partial charge in [-0.05, 0) is 13.0 Å². The van der Waals surface area contributed by atoms with Crippen molar-refractivity contribution < 1.29 is 4.84 Å². The van der Waals surface area contributed by atoms with Gasteiger partial charge in [-0.15, -0.1) is 0 Å². The van der Waals surface area contributed by atoms with E-state index in [1.807, 2.05) is 0 Å². The third kappa shape index (κ3) is 4.01. The molecule has 0 aromatic carbocycles. The van der Waals surface area contributed by atoms with Gasteiger partial charge in [-0.1, -0.05) is 0 Å². The Kier molecular flexibility index (Phi) is 4.89. The summed E-state index contributed by atoms with van der Waals surface area (Å²) in [6, 6.07) is -0.00926. The highest BCUT2D eigenvalue weighted by molar-refractivity contribution is 4.58. The van der Waals surface area contributed by atoms with Gasteiger partial charge in [0.15, 0.2) is 0 Å². The Morgan fingerprint density at radius 2 is 2.12 bits per heavy atom. The van der Waals surface area contributed by atoms with Gasteiger partial charge in [-0.2, -0.15) is 0 Å². The highest BCUT2D eigenvalue weighted by atomic mass is 16.6. The second-order valence-corrected chi connectivity index (χ2v) is 1.67. The molecule has 0 saturated heterocycles. The van der Waals surface area contributed by atoms with E-state index in [4.69, 9.17) is 17.4 Å². The van der Waals surface area contributed by atoms with Crippen LogP contribution in [0.15, 0.2) is 0 Å². The molecule has 4 heteroatoms. The van der Waals surface area contributed by atoms with E-state index in [0.717, 1.165) is 6.42 Å². The van der Waals surface area contributed by atoms with E-state index < -0.39 is 0 Å². The van der Waals surface area contributed by atoms with Gasteiger partial charge in [0.2, 0.25) is 0 Å². The predicted octanol–water partition coefficient (Wildman–Crippen LogP) is -1.45. The van der Waals surface area contributed by atoms with Crippen LogP contribution in [0.1, 0.15) is 6.42 Å². The Labute approximate surface area is 48.9 Å². The van der Waals surface area contributed by atoms with Crippen LogP contribution in [0.25, 0.3) is 0 Å². The summed E-state index contributed by atoms with van der Waals surface area (Å²) in [5.41, 5.74) is 10.6. The van der Waals surface area contributed by atoms with E-state index in [1.165, 1.54) is 0 Å². The number of rotatable bonds is 4. The molecular weight excluding hydrogens is 106 g/mol. The zero-order chi connectivity index (χ0) is 6.41. The van der Waals surface area contributed by atoms with Gasteiger partial charge in [-0.25, -0.2) is 5.90 Å². The normalized spacial score (nSPS) is 13.9. The van der Waals surface area contributed by atoms with Crippen LogP contribution >= 0.6 is 0 Å². The molecule has 0 rings (SSSR count). The smallest absolute Gasteiger partial charge is 0.0830 e. The van der Waals surface area contributed by atoms with Crippen LogP contribution in [0.4, 0.5) is 0 Å². The van der Waals surface area contributed by atoms with Crippen LogP contribution in [-0.2, 0) is 4.84 Å². The van der Waals surface area contributed by atoms with Gasteiger partial charge < -0.3 is 16.3 Å². The van der Waals surface area contributed by atoms with Gasteiger partial charge in [-0.3, -0.25) is 0 Å². The van der Waals surface area contributed by atoms with Gasteiger partial charge in [0.05, 0.1) is 6.61 Å². The minimum Gasteiger partial charge on any atom is -0.330 e. The summed E-state index contributed by atoms with van der Waals surface area (Å²) in [4.78, 5) is 4.28. The first kappa shape index (κ1) is 7.84. The molecule has 0 aliphatic heterocycles. The van der Waals surface area contributed by atoms with E-state index in [0.29, 0.717) is 13.2 Å². The lowest BCUT2D eigenvalue weighted by atomic mass is 10.2. The highest BCUT2D eigenvalue weighted by Crippen LogP contribution is 1.82. The van der Waals surface area contributed by atoms with Crippen LogP contribution in [0.2, 0.25) is 0 Å². The maximum Gasteiger partial charge on any atom is 0.0830 e. The average molecular weight is 119 g/mol. The molecule has 0 aliphatic carbocycles. The molecule has 1 unspecified atom stereocenters. The van der Waals surface area contributed by atoms with Crippen molar-refractivity contribution in [3.05, 3.63) is 0 Å². The van der Waals surface area contributed by atoms with Crippen molar-refractivity contribution in [1.29, 1.82) is 0 Å². The molecule has 0 aliphatic rings. The molecule has 1 atom stereocenters. The molecule has 0 aromatic rings. The summed E-state index contributed by atoms with van der Waals surface area (Å²) < 4.78 is 0. The number of nitrogens with two attached hydrogens (primary N) is 3. The Hall–Kier alpha value is -0.160.